The summed E-state index contributed by atoms with van der Waals surface area (Å²) >= 11 is 2.09. The number of thioether (sulfide) groups is 1. The van der Waals surface area contributed by atoms with Gasteiger partial charge in [0, 0.05) is 30.1 Å². The van der Waals surface area contributed by atoms with Crippen molar-refractivity contribution in [2.45, 2.75) is 55.4 Å². The van der Waals surface area contributed by atoms with Crippen LogP contribution in [0.4, 0.5) is 0 Å². The van der Waals surface area contributed by atoms with E-state index in [0.717, 1.165) is 18.8 Å². The third-order valence-corrected chi connectivity index (χ3v) is 6.27. The number of amides is 1. The number of rotatable bonds is 1. The fourth-order valence-electron chi connectivity index (χ4n) is 3.66. The number of carbonyl (C=O) groups excluding carboxylic acids is 1. The van der Waals surface area contributed by atoms with Crippen LogP contribution in [-0.4, -0.2) is 58.2 Å². The first-order valence-corrected chi connectivity index (χ1v) is 8.51. The van der Waals surface area contributed by atoms with Gasteiger partial charge in [0.2, 0.25) is 5.91 Å². The molecular weight excluding hydrogens is 260 g/mol. The van der Waals surface area contributed by atoms with Gasteiger partial charge in [-0.05, 0) is 19.3 Å². The Morgan fingerprint density at radius 3 is 2.79 bits per heavy atom. The van der Waals surface area contributed by atoms with Crippen LogP contribution in [0, 0.1) is 0 Å². The van der Waals surface area contributed by atoms with Crippen LogP contribution in [0.2, 0.25) is 0 Å². The third kappa shape index (κ3) is 2.93. The van der Waals surface area contributed by atoms with Crippen molar-refractivity contribution in [2.24, 2.45) is 0 Å². The highest BCUT2D eigenvalue weighted by Gasteiger charge is 2.41. The monoisotopic (exact) mass is 284 g/mol. The summed E-state index contributed by atoms with van der Waals surface area (Å²) in [7, 11) is 0. The zero-order valence-electron chi connectivity index (χ0n) is 11.4. The largest absolute Gasteiger partial charge is 0.392 e. The predicted octanol–water partition coefficient (Wildman–Crippen LogP) is 0.987. The second kappa shape index (κ2) is 5.62. The van der Waals surface area contributed by atoms with Crippen LogP contribution in [0.1, 0.15) is 38.5 Å². The molecule has 4 nitrogen and oxygen atoms in total. The highest BCUT2D eigenvalue weighted by atomic mass is 32.2. The summed E-state index contributed by atoms with van der Waals surface area (Å²) in [6, 6.07) is -0.154. The maximum absolute atomic E-state index is 12.5. The second-order valence-corrected chi connectivity index (χ2v) is 7.77. The molecule has 3 aliphatic rings. The number of nitrogens with one attached hydrogen (secondary N) is 1. The first-order chi connectivity index (χ1) is 9.19. The van der Waals surface area contributed by atoms with Crippen LogP contribution in [0.5, 0.6) is 0 Å². The molecule has 108 valence electrons. The molecule has 2 aliphatic heterocycles. The summed E-state index contributed by atoms with van der Waals surface area (Å²) in [6.45, 7) is 2.36. The van der Waals surface area contributed by atoms with E-state index in [4.69, 9.17) is 0 Å². The summed E-state index contributed by atoms with van der Waals surface area (Å²) < 4.78 is 0.337. The van der Waals surface area contributed by atoms with E-state index in [9.17, 15) is 9.90 Å². The Hall–Kier alpha value is -0.260. The van der Waals surface area contributed by atoms with Gasteiger partial charge < -0.3 is 15.3 Å². The van der Waals surface area contributed by atoms with Gasteiger partial charge in [-0.15, -0.1) is 0 Å². The van der Waals surface area contributed by atoms with E-state index in [1.54, 1.807) is 0 Å². The van der Waals surface area contributed by atoms with Crippen LogP contribution in [0.25, 0.3) is 0 Å². The molecule has 0 aromatic rings. The van der Waals surface area contributed by atoms with Crippen LogP contribution in [0.15, 0.2) is 0 Å². The molecule has 1 spiro atoms. The Bertz CT molecular complexity index is 339. The zero-order chi connectivity index (χ0) is 13.3. The van der Waals surface area contributed by atoms with Gasteiger partial charge in [-0.2, -0.15) is 11.8 Å². The molecular formula is C14H24N2O2S. The lowest BCUT2D eigenvalue weighted by molar-refractivity contribution is -0.133. The normalized spacial score (nSPS) is 34.7. The van der Waals surface area contributed by atoms with Gasteiger partial charge in [0.05, 0.1) is 12.1 Å². The lowest BCUT2D eigenvalue weighted by atomic mass is 9.87. The number of hydrogen-bond donors (Lipinski definition) is 2. The molecule has 2 saturated heterocycles. The van der Waals surface area contributed by atoms with Gasteiger partial charge in [0.1, 0.15) is 0 Å². The quantitative estimate of drug-likeness (QED) is 0.754. The third-order valence-electron chi connectivity index (χ3n) is 4.73. The summed E-state index contributed by atoms with van der Waals surface area (Å²) in [5.41, 5.74) is 0. The van der Waals surface area contributed by atoms with E-state index < -0.39 is 0 Å². The minimum atomic E-state index is -0.350. The molecule has 2 N–H and O–H groups in total. The smallest absolute Gasteiger partial charge is 0.239 e. The van der Waals surface area contributed by atoms with Gasteiger partial charge >= 0.3 is 0 Å². The molecule has 3 rings (SSSR count). The lowest BCUT2D eigenvalue weighted by Gasteiger charge is -2.45. The van der Waals surface area contributed by atoms with Crippen LogP contribution in [0.3, 0.4) is 0 Å². The Morgan fingerprint density at radius 2 is 2.11 bits per heavy atom. The van der Waals surface area contributed by atoms with E-state index in [2.05, 4.69) is 22.0 Å². The average Bonchev–Trinajstić information content (AvgIpc) is 2.85. The van der Waals surface area contributed by atoms with E-state index in [0.29, 0.717) is 17.7 Å². The number of β-amino-alcohol motifs (C(OH)–C–C–N with tert-alkyl or cyclic N) is 1. The molecule has 19 heavy (non-hydrogen) atoms. The molecule has 5 heteroatoms. The van der Waals surface area contributed by atoms with Crippen molar-refractivity contribution >= 4 is 17.7 Å². The minimum Gasteiger partial charge on any atom is -0.392 e. The van der Waals surface area contributed by atoms with Gasteiger partial charge in [-0.1, -0.05) is 19.3 Å². The lowest BCUT2D eigenvalue weighted by Crippen LogP contribution is -2.53. The van der Waals surface area contributed by atoms with Crippen LogP contribution in [-0.2, 0) is 4.79 Å². The highest BCUT2D eigenvalue weighted by Crippen LogP contribution is 2.42. The number of aliphatic hydroxyl groups excluding tert-OH is 1. The summed E-state index contributed by atoms with van der Waals surface area (Å²) in [5.74, 6) is 1.28. The van der Waals surface area contributed by atoms with Crippen molar-refractivity contribution in [2.75, 3.05) is 25.4 Å². The van der Waals surface area contributed by atoms with Gasteiger partial charge in [-0.25, -0.2) is 0 Å². The predicted molar refractivity (Wildman–Crippen MR) is 77.3 cm³/mol. The van der Waals surface area contributed by atoms with Crippen molar-refractivity contribution in [3.63, 3.8) is 0 Å². The number of hydrogen-bond acceptors (Lipinski definition) is 4. The number of nitrogens with zero attached hydrogens (tertiary/aromatic N) is 1. The summed E-state index contributed by atoms with van der Waals surface area (Å²) in [4.78, 5) is 14.6. The second-order valence-electron chi connectivity index (χ2n) is 6.20. The summed E-state index contributed by atoms with van der Waals surface area (Å²) in [5, 5.41) is 12.7. The maximum atomic E-state index is 12.5. The number of aliphatic hydroxyl groups is 1. The highest BCUT2D eigenvalue weighted by molar-refractivity contribution is 8.00. The molecule has 2 atom stereocenters. The Morgan fingerprint density at radius 1 is 1.32 bits per heavy atom. The van der Waals surface area contributed by atoms with Gasteiger partial charge in [0.15, 0.2) is 0 Å². The molecule has 1 saturated carbocycles. The average molecular weight is 284 g/mol. The standard InChI is InChI=1S/C14H24N2O2S/c17-11-8-12(15-9-11)13(18)16-6-7-19-14(10-16)4-2-1-3-5-14/h11-12,15,17H,1-10H2. The van der Waals surface area contributed by atoms with Crippen molar-refractivity contribution in [1.82, 2.24) is 10.2 Å². The minimum absolute atomic E-state index is 0.154. The summed E-state index contributed by atoms with van der Waals surface area (Å²) in [6.07, 6.45) is 6.74. The Labute approximate surface area is 119 Å². The van der Waals surface area contributed by atoms with Gasteiger partial charge in [0.25, 0.3) is 0 Å². The molecule has 0 aromatic heterocycles. The van der Waals surface area contributed by atoms with E-state index >= 15 is 0 Å². The van der Waals surface area contributed by atoms with Crippen molar-refractivity contribution < 1.29 is 9.90 Å². The SMILES string of the molecule is O=C(C1CC(O)CN1)N1CCSC2(CCCCC2)C1. The molecule has 1 aliphatic carbocycles. The molecule has 2 heterocycles. The van der Waals surface area contributed by atoms with Crippen molar-refractivity contribution in [1.29, 1.82) is 0 Å². The van der Waals surface area contributed by atoms with E-state index in [1.807, 2.05) is 0 Å². The number of carbonyl (C=O) groups is 1. The van der Waals surface area contributed by atoms with Crippen LogP contribution >= 0.6 is 11.8 Å². The molecule has 0 bridgehead atoms. The van der Waals surface area contributed by atoms with Gasteiger partial charge in [-0.3, -0.25) is 4.79 Å². The molecule has 2 unspecified atom stereocenters. The topological polar surface area (TPSA) is 52.6 Å². The van der Waals surface area contributed by atoms with Crippen LogP contribution < -0.4 is 5.32 Å². The zero-order valence-corrected chi connectivity index (χ0v) is 12.3. The fourth-order valence-corrected chi connectivity index (χ4v) is 5.23. The van der Waals surface area contributed by atoms with E-state index in [-0.39, 0.29) is 18.1 Å². The Balaban J connectivity index is 1.62. The Kier molecular flexibility index (Phi) is 4.06. The first kappa shape index (κ1) is 13.7. The van der Waals surface area contributed by atoms with E-state index in [1.165, 1.54) is 32.1 Å². The maximum Gasteiger partial charge on any atom is 0.239 e. The van der Waals surface area contributed by atoms with Crippen molar-refractivity contribution in [3.8, 4) is 0 Å². The molecule has 3 fully saturated rings. The molecule has 0 radical (unpaired) electrons. The first-order valence-electron chi connectivity index (χ1n) is 7.53. The molecule has 0 aromatic carbocycles. The fraction of sp³-hybridized carbons (Fsp3) is 0.929. The molecule has 1 amide bonds. The van der Waals surface area contributed by atoms with Crippen molar-refractivity contribution in [3.05, 3.63) is 0 Å².